The summed E-state index contributed by atoms with van der Waals surface area (Å²) in [4.78, 5) is 18.0. The van der Waals surface area contributed by atoms with E-state index in [0.29, 0.717) is 24.4 Å². The molecule has 5 nitrogen and oxygen atoms in total. The highest BCUT2D eigenvalue weighted by atomic mass is 19.1. The summed E-state index contributed by atoms with van der Waals surface area (Å²) in [6, 6.07) is 13.9. The first-order chi connectivity index (χ1) is 13.0. The standard InChI is InChI=1S/C21H23FN2O3/c1-21(14-18(24-27-21)17-7-3-4-8-19(17)26-2)20(25)23-13-5-6-15-9-11-16(22)12-10-15/h3-4,7-12H,5-6,13-14H2,1-2H3,(H,23,25)/t21-/m0/s1. The van der Waals surface area contributed by atoms with Crippen LogP contribution in [0.2, 0.25) is 0 Å². The number of halogens is 1. The molecule has 0 aliphatic carbocycles. The van der Waals surface area contributed by atoms with Crippen molar-refractivity contribution < 1.29 is 18.8 Å². The molecule has 0 aromatic heterocycles. The summed E-state index contributed by atoms with van der Waals surface area (Å²) in [6.45, 7) is 2.24. The maximum Gasteiger partial charge on any atom is 0.267 e. The molecule has 0 saturated heterocycles. The SMILES string of the molecule is COc1ccccc1C1=NO[C@](C)(C(=O)NCCCc2ccc(F)cc2)C1. The van der Waals surface area contributed by atoms with E-state index in [1.165, 1.54) is 12.1 Å². The van der Waals surface area contributed by atoms with Gasteiger partial charge in [0, 0.05) is 18.5 Å². The summed E-state index contributed by atoms with van der Waals surface area (Å²) < 4.78 is 18.3. The third-order valence-electron chi connectivity index (χ3n) is 4.60. The summed E-state index contributed by atoms with van der Waals surface area (Å²) in [7, 11) is 1.60. The van der Waals surface area contributed by atoms with Crippen molar-refractivity contribution in [1.82, 2.24) is 5.32 Å². The number of nitrogens with zero attached hydrogens (tertiary/aromatic N) is 1. The van der Waals surface area contributed by atoms with Crippen LogP contribution in [-0.4, -0.2) is 30.9 Å². The lowest BCUT2D eigenvalue weighted by molar-refractivity contribution is -0.141. The van der Waals surface area contributed by atoms with Crippen molar-refractivity contribution in [3.8, 4) is 5.75 Å². The fourth-order valence-electron chi connectivity index (χ4n) is 3.02. The number of carbonyl (C=O) groups excluding carboxylic acids is 1. The second-order valence-electron chi connectivity index (χ2n) is 6.72. The molecular formula is C21H23FN2O3. The lowest BCUT2D eigenvalue weighted by Gasteiger charge is -2.20. The Hall–Kier alpha value is -2.89. The molecule has 0 spiro atoms. The zero-order valence-electron chi connectivity index (χ0n) is 15.5. The number of para-hydroxylation sites is 1. The average molecular weight is 370 g/mol. The van der Waals surface area contributed by atoms with E-state index in [9.17, 15) is 9.18 Å². The van der Waals surface area contributed by atoms with Gasteiger partial charge in [0.05, 0.1) is 12.8 Å². The Labute approximate surface area is 158 Å². The Bertz CT molecular complexity index is 836. The lowest BCUT2D eigenvalue weighted by Crippen LogP contribution is -2.45. The molecule has 2 aromatic rings. The van der Waals surface area contributed by atoms with Gasteiger partial charge < -0.3 is 14.9 Å². The topological polar surface area (TPSA) is 59.9 Å². The van der Waals surface area contributed by atoms with Crippen LogP contribution >= 0.6 is 0 Å². The highest BCUT2D eigenvalue weighted by Crippen LogP contribution is 2.30. The zero-order valence-corrected chi connectivity index (χ0v) is 15.5. The molecule has 0 unspecified atom stereocenters. The number of hydrogen-bond donors (Lipinski definition) is 1. The molecule has 1 aliphatic heterocycles. The summed E-state index contributed by atoms with van der Waals surface area (Å²) in [5.41, 5.74) is 1.52. The fourth-order valence-corrected chi connectivity index (χ4v) is 3.02. The van der Waals surface area contributed by atoms with Crippen LogP contribution in [0, 0.1) is 5.82 Å². The Morgan fingerprint density at radius 3 is 2.74 bits per heavy atom. The second-order valence-corrected chi connectivity index (χ2v) is 6.72. The molecule has 0 radical (unpaired) electrons. The van der Waals surface area contributed by atoms with Gasteiger partial charge in [-0.05, 0) is 49.6 Å². The van der Waals surface area contributed by atoms with Gasteiger partial charge in [0.1, 0.15) is 11.6 Å². The average Bonchev–Trinajstić information content (AvgIpc) is 3.10. The highest BCUT2D eigenvalue weighted by Gasteiger charge is 2.42. The van der Waals surface area contributed by atoms with Crippen molar-refractivity contribution in [3.63, 3.8) is 0 Å². The van der Waals surface area contributed by atoms with E-state index < -0.39 is 5.60 Å². The van der Waals surface area contributed by atoms with Crippen LogP contribution in [0.4, 0.5) is 4.39 Å². The molecule has 1 aliphatic rings. The van der Waals surface area contributed by atoms with Gasteiger partial charge in [-0.25, -0.2) is 4.39 Å². The van der Waals surface area contributed by atoms with E-state index in [4.69, 9.17) is 9.57 Å². The van der Waals surface area contributed by atoms with E-state index >= 15 is 0 Å². The number of aryl methyl sites for hydroxylation is 1. The molecule has 0 saturated carbocycles. The van der Waals surface area contributed by atoms with Crippen LogP contribution in [0.25, 0.3) is 0 Å². The van der Waals surface area contributed by atoms with Crippen LogP contribution in [0.1, 0.15) is 30.9 Å². The number of amides is 1. The molecule has 0 fully saturated rings. The van der Waals surface area contributed by atoms with Gasteiger partial charge in [-0.15, -0.1) is 0 Å². The summed E-state index contributed by atoms with van der Waals surface area (Å²) in [5, 5.41) is 7.02. The molecule has 6 heteroatoms. The molecular weight excluding hydrogens is 347 g/mol. The Balaban J connectivity index is 1.51. The minimum Gasteiger partial charge on any atom is -0.496 e. The predicted octanol–water partition coefficient (Wildman–Crippen LogP) is 3.47. The van der Waals surface area contributed by atoms with E-state index in [1.807, 2.05) is 24.3 Å². The van der Waals surface area contributed by atoms with Gasteiger partial charge in [-0.3, -0.25) is 4.79 Å². The van der Waals surface area contributed by atoms with Crippen LogP contribution in [0.5, 0.6) is 5.75 Å². The first-order valence-corrected chi connectivity index (χ1v) is 8.93. The molecule has 27 heavy (non-hydrogen) atoms. The Morgan fingerprint density at radius 1 is 1.26 bits per heavy atom. The molecule has 142 valence electrons. The lowest BCUT2D eigenvalue weighted by atomic mass is 9.94. The first-order valence-electron chi connectivity index (χ1n) is 8.93. The number of methoxy groups -OCH3 is 1. The predicted molar refractivity (Wildman–Crippen MR) is 101 cm³/mol. The first kappa shape index (κ1) is 18.9. The van der Waals surface area contributed by atoms with Crippen molar-refractivity contribution in [2.24, 2.45) is 5.16 Å². The second kappa shape index (κ2) is 8.20. The van der Waals surface area contributed by atoms with E-state index in [1.54, 1.807) is 26.2 Å². The quantitative estimate of drug-likeness (QED) is 0.760. The molecule has 0 bridgehead atoms. The smallest absolute Gasteiger partial charge is 0.267 e. The number of hydrogen-bond acceptors (Lipinski definition) is 4. The third-order valence-corrected chi connectivity index (χ3v) is 4.60. The summed E-state index contributed by atoms with van der Waals surface area (Å²) in [6.07, 6.45) is 1.89. The van der Waals surface area contributed by atoms with Gasteiger partial charge in [0.25, 0.3) is 5.91 Å². The number of rotatable bonds is 7. The number of oxime groups is 1. The number of carbonyl (C=O) groups is 1. The van der Waals surface area contributed by atoms with Crippen molar-refractivity contribution >= 4 is 11.6 Å². The van der Waals surface area contributed by atoms with Gasteiger partial charge >= 0.3 is 0 Å². The molecule has 1 N–H and O–H groups in total. The maximum atomic E-state index is 12.9. The van der Waals surface area contributed by atoms with Crippen LogP contribution in [0.15, 0.2) is 53.7 Å². The van der Waals surface area contributed by atoms with Crippen LogP contribution in [0.3, 0.4) is 0 Å². The molecule has 1 heterocycles. The minimum atomic E-state index is -1.04. The number of ether oxygens (including phenoxy) is 1. The zero-order chi connectivity index (χ0) is 19.3. The molecule has 3 rings (SSSR count). The normalized spacial score (nSPS) is 18.6. The van der Waals surface area contributed by atoms with E-state index in [-0.39, 0.29) is 11.7 Å². The largest absolute Gasteiger partial charge is 0.496 e. The van der Waals surface area contributed by atoms with Crippen LogP contribution in [-0.2, 0) is 16.1 Å². The van der Waals surface area contributed by atoms with Crippen molar-refractivity contribution in [1.29, 1.82) is 0 Å². The van der Waals surface area contributed by atoms with Gasteiger partial charge in [-0.2, -0.15) is 0 Å². The van der Waals surface area contributed by atoms with E-state index in [2.05, 4.69) is 10.5 Å². The highest BCUT2D eigenvalue weighted by molar-refractivity contribution is 6.07. The molecule has 1 amide bonds. The van der Waals surface area contributed by atoms with Crippen molar-refractivity contribution in [2.45, 2.75) is 31.8 Å². The molecule has 1 atom stereocenters. The van der Waals surface area contributed by atoms with Gasteiger partial charge in [0.2, 0.25) is 5.60 Å². The molecule has 2 aromatic carbocycles. The van der Waals surface area contributed by atoms with Gasteiger partial charge in [-0.1, -0.05) is 29.4 Å². The third kappa shape index (κ3) is 4.45. The van der Waals surface area contributed by atoms with Gasteiger partial charge in [0.15, 0.2) is 0 Å². The van der Waals surface area contributed by atoms with Crippen molar-refractivity contribution in [2.75, 3.05) is 13.7 Å². The summed E-state index contributed by atoms with van der Waals surface area (Å²) >= 11 is 0. The van der Waals surface area contributed by atoms with E-state index in [0.717, 1.165) is 24.0 Å². The fraction of sp³-hybridized carbons (Fsp3) is 0.333. The monoisotopic (exact) mass is 370 g/mol. The maximum absolute atomic E-state index is 12.9. The summed E-state index contributed by atoms with van der Waals surface area (Å²) in [5.74, 6) is 0.253. The van der Waals surface area contributed by atoms with Crippen LogP contribution < -0.4 is 10.1 Å². The Kier molecular flexibility index (Phi) is 5.74. The Morgan fingerprint density at radius 2 is 2.00 bits per heavy atom. The number of benzene rings is 2. The van der Waals surface area contributed by atoms with Crippen molar-refractivity contribution in [3.05, 3.63) is 65.5 Å². The number of nitrogens with one attached hydrogen (secondary N) is 1. The minimum absolute atomic E-state index is 0.199.